The molecule has 15 heavy (non-hydrogen) atoms. The summed E-state index contributed by atoms with van der Waals surface area (Å²) in [5.74, 6) is -2.71. The number of aliphatic hydroxyl groups excluding tert-OH is 1. The Morgan fingerprint density at radius 3 is 2.60 bits per heavy atom. The molecule has 0 spiro atoms. The zero-order valence-electron chi connectivity index (χ0n) is 8.14. The molecule has 0 amide bonds. The van der Waals surface area contributed by atoms with E-state index in [-0.39, 0.29) is 5.56 Å². The van der Waals surface area contributed by atoms with Crippen molar-refractivity contribution in [1.29, 1.82) is 0 Å². The summed E-state index contributed by atoms with van der Waals surface area (Å²) in [6.07, 6.45) is 0. The quantitative estimate of drug-likeness (QED) is 0.919. The summed E-state index contributed by atoms with van der Waals surface area (Å²) in [6.45, 7) is 1.07. The number of halogens is 3. The van der Waals surface area contributed by atoms with Gasteiger partial charge in [0.25, 0.3) is 5.92 Å². The van der Waals surface area contributed by atoms with Crippen LogP contribution >= 0.6 is 15.9 Å². The van der Waals surface area contributed by atoms with Crippen molar-refractivity contribution in [1.82, 2.24) is 0 Å². The molecular weight excluding hydrogens is 270 g/mol. The van der Waals surface area contributed by atoms with Gasteiger partial charge in [0.1, 0.15) is 12.4 Å². The SMILES string of the molecule is CCOc1ccc(C(F)(F)CO)cc1Br. The van der Waals surface area contributed by atoms with E-state index in [1.807, 2.05) is 6.92 Å². The molecule has 1 rings (SSSR count). The van der Waals surface area contributed by atoms with Gasteiger partial charge >= 0.3 is 0 Å². The fourth-order valence-electron chi connectivity index (χ4n) is 1.09. The van der Waals surface area contributed by atoms with Crippen molar-refractivity contribution >= 4 is 15.9 Å². The first kappa shape index (κ1) is 12.4. The predicted octanol–water partition coefficient (Wildman–Crippen LogP) is 2.93. The van der Waals surface area contributed by atoms with E-state index < -0.39 is 12.5 Å². The molecule has 84 valence electrons. The lowest BCUT2D eigenvalue weighted by atomic mass is 10.1. The first-order valence-electron chi connectivity index (χ1n) is 4.42. The monoisotopic (exact) mass is 280 g/mol. The van der Waals surface area contributed by atoms with E-state index in [2.05, 4.69) is 15.9 Å². The number of hydrogen-bond acceptors (Lipinski definition) is 2. The number of aliphatic hydroxyl groups is 1. The Labute approximate surface area is 95.0 Å². The third-order valence-electron chi connectivity index (χ3n) is 1.85. The lowest BCUT2D eigenvalue weighted by molar-refractivity contribution is -0.0556. The van der Waals surface area contributed by atoms with Crippen molar-refractivity contribution < 1.29 is 18.6 Å². The standard InChI is InChI=1S/C10H11BrF2O2/c1-2-15-9-4-3-7(5-8(9)11)10(12,13)6-14/h3-5,14H,2,6H2,1H3. The van der Waals surface area contributed by atoms with Crippen LogP contribution in [0.15, 0.2) is 22.7 Å². The largest absolute Gasteiger partial charge is 0.493 e. The fraction of sp³-hybridized carbons (Fsp3) is 0.400. The molecule has 1 aromatic carbocycles. The van der Waals surface area contributed by atoms with Crippen LogP contribution in [0, 0.1) is 0 Å². The van der Waals surface area contributed by atoms with E-state index >= 15 is 0 Å². The Kier molecular flexibility index (Phi) is 4.04. The minimum absolute atomic E-state index is 0.236. The summed E-state index contributed by atoms with van der Waals surface area (Å²) in [5.41, 5.74) is -0.236. The van der Waals surface area contributed by atoms with Crippen LogP contribution in [-0.2, 0) is 5.92 Å². The second kappa shape index (κ2) is 4.90. The minimum Gasteiger partial charge on any atom is -0.493 e. The number of hydrogen-bond donors (Lipinski definition) is 1. The smallest absolute Gasteiger partial charge is 0.295 e. The third-order valence-corrected chi connectivity index (χ3v) is 2.47. The molecule has 1 N–H and O–H groups in total. The zero-order valence-corrected chi connectivity index (χ0v) is 9.72. The van der Waals surface area contributed by atoms with Crippen LogP contribution in [0.3, 0.4) is 0 Å². The van der Waals surface area contributed by atoms with Crippen molar-refractivity contribution in [3.63, 3.8) is 0 Å². The van der Waals surface area contributed by atoms with Gasteiger partial charge in [0.15, 0.2) is 0 Å². The van der Waals surface area contributed by atoms with Crippen LogP contribution < -0.4 is 4.74 Å². The highest BCUT2D eigenvalue weighted by atomic mass is 79.9. The van der Waals surface area contributed by atoms with Gasteiger partial charge in [0.2, 0.25) is 0 Å². The van der Waals surface area contributed by atoms with Crippen LogP contribution in [0.25, 0.3) is 0 Å². The van der Waals surface area contributed by atoms with E-state index in [0.29, 0.717) is 16.8 Å². The summed E-state index contributed by atoms with van der Waals surface area (Å²) < 4.78 is 31.8. The fourth-order valence-corrected chi connectivity index (χ4v) is 1.59. The topological polar surface area (TPSA) is 29.5 Å². The number of benzene rings is 1. The molecule has 0 bridgehead atoms. The molecule has 0 aliphatic rings. The Morgan fingerprint density at radius 2 is 2.13 bits per heavy atom. The van der Waals surface area contributed by atoms with Crippen molar-refractivity contribution in [2.75, 3.05) is 13.2 Å². The molecule has 0 aromatic heterocycles. The first-order chi connectivity index (χ1) is 7.01. The Balaban J connectivity index is 3.01. The van der Waals surface area contributed by atoms with Crippen LogP contribution in [0.4, 0.5) is 8.78 Å². The van der Waals surface area contributed by atoms with E-state index in [1.165, 1.54) is 18.2 Å². The molecule has 0 heterocycles. The lowest BCUT2D eigenvalue weighted by Crippen LogP contribution is -2.18. The van der Waals surface area contributed by atoms with Gasteiger partial charge < -0.3 is 9.84 Å². The van der Waals surface area contributed by atoms with Crippen molar-refractivity contribution in [2.45, 2.75) is 12.8 Å². The average Bonchev–Trinajstić information content (AvgIpc) is 2.21. The second-order valence-corrected chi connectivity index (χ2v) is 3.80. The van der Waals surface area contributed by atoms with Gasteiger partial charge in [-0.2, -0.15) is 8.78 Å². The number of rotatable bonds is 4. The van der Waals surface area contributed by atoms with Crippen LogP contribution in [0.2, 0.25) is 0 Å². The number of alkyl halides is 2. The van der Waals surface area contributed by atoms with Gasteiger partial charge in [-0.05, 0) is 41.1 Å². The molecule has 5 heteroatoms. The van der Waals surface area contributed by atoms with Gasteiger partial charge in [-0.15, -0.1) is 0 Å². The highest BCUT2D eigenvalue weighted by molar-refractivity contribution is 9.10. The molecular formula is C10H11BrF2O2. The summed E-state index contributed by atoms with van der Waals surface area (Å²) in [5, 5.41) is 8.51. The zero-order chi connectivity index (χ0) is 11.5. The molecule has 2 nitrogen and oxygen atoms in total. The molecule has 0 aliphatic heterocycles. The molecule has 0 saturated heterocycles. The maximum absolute atomic E-state index is 13.1. The van der Waals surface area contributed by atoms with Crippen molar-refractivity contribution in [3.8, 4) is 5.75 Å². The Bertz CT molecular complexity index is 342. The van der Waals surface area contributed by atoms with Gasteiger partial charge in [-0.3, -0.25) is 0 Å². The van der Waals surface area contributed by atoms with Gasteiger partial charge in [-0.1, -0.05) is 0 Å². The maximum atomic E-state index is 13.1. The van der Waals surface area contributed by atoms with E-state index in [4.69, 9.17) is 9.84 Å². The van der Waals surface area contributed by atoms with E-state index in [9.17, 15) is 8.78 Å². The lowest BCUT2D eigenvalue weighted by Gasteiger charge is -2.15. The average molecular weight is 281 g/mol. The summed E-state index contributed by atoms with van der Waals surface area (Å²) >= 11 is 3.13. The van der Waals surface area contributed by atoms with Crippen molar-refractivity contribution in [2.24, 2.45) is 0 Å². The van der Waals surface area contributed by atoms with Crippen LogP contribution in [-0.4, -0.2) is 18.3 Å². The maximum Gasteiger partial charge on any atom is 0.295 e. The summed E-state index contributed by atoms with van der Waals surface area (Å²) in [4.78, 5) is 0. The second-order valence-electron chi connectivity index (χ2n) is 2.94. The first-order valence-corrected chi connectivity index (χ1v) is 5.22. The Morgan fingerprint density at radius 1 is 1.47 bits per heavy atom. The summed E-state index contributed by atoms with van der Waals surface area (Å²) in [6, 6.07) is 3.94. The highest BCUT2D eigenvalue weighted by Crippen LogP contribution is 2.33. The molecule has 0 unspecified atom stereocenters. The van der Waals surface area contributed by atoms with E-state index in [1.54, 1.807) is 0 Å². The number of ether oxygens (including phenoxy) is 1. The highest BCUT2D eigenvalue weighted by Gasteiger charge is 2.30. The van der Waals surface area contributed by atoms with Crippen LogP contribution in [0.1, 0.15) is 12.5 Å². The minimum atomic E-state index is -3.22. The molecule has 1 aromatic rings. The van der Waals surface area contributed by atoms with Gasteiger partial charge in [0, 0.05) is 5.56 Å². The molecule has 0 radical (unpaired) electrons. The molecule has 0 fully saturated rings. The predicted molar refractivity (Wildman–Crippen MR) is 56.3 cm³/mol. The van der Waals surface area contributed by atoms with Crippen molar-refractivity contribution in [3.05, 3.63) is 28.2 Å². The van der Waals surface area contributed by atoms with E-state index in [0.717, 1.165) is 0 Å². The molecule has 0 atom stereocenters. The van der Waals surface area contributed by atoms with Gasteiger partial charge in [-0.25, -0.2) is 0 Å². The van der Waals surface area contributed by atoms with Gasteiger partial charge in [0.05, 0.1) is 11.1 Å². The van der Waals surface area contributed by atoms with Crippen LogP contribution in [0.5, 0.6) is 5.75 Å². The Hall–Kier alpha value is -0.680. The third kappa shape index (κ3) is 2.89. The summed E-state index contributed by atoms with van der Waals surface area (Å²) in [7, 11) is 0. The molecule has 0 aliphatic carbocycles. The molecule has 0 saturated carbocycles. The normalized spacial score (nSPS) is 11.5.